The number of hydrogen-bond acceptors (Lipinski definition) is 4. The number of nitrogens with zero attached hydrogens (tertiary/aromatic N) is 3. The van der Waals surface area contributed by atoms with Crippen LogP contribution >= 0.6 is 0 Å². The molecule has 1 saturated carbocycles. The average Bonchev–Trinajstić information content (AvgIpc) is 3.08. The van der Waals surface area contributed by atoms with Crippen molar-refractivity contribution in [3.63, 3.8) is 0 Å². The predicted molar refractivity (Wildman–Crippen MR) is 85.3 cm³/mol. The largest absolute Gasteiger partial charge is 0.314 e. The fraction of sp³-hybridized carbons (Fsp3) is 0.765. The molecule has 2 fully saturated rings. The molecular formula is C17H28N4. The first-order chi connectivity index (χ1) is 10.4. The molecule has 1 saturated heterocycles. The Labute approximate surface area is 128 Å². The van der Waals surface area contributed by atoms with Crippen molar-refractivity contribution >= 4 is 0 Å². The van der Waals surface area contributed by atoms with Gasteiger partial charge in [-0.3, -0.25) is 4.90 Å². The van der Waals surface area contributed by atoms with Crippen molar-refractivity contribution in [1.82, 2.24) is 20.2 Å². The van der Waals surface area contributed by atoms with Gasteiger partial charge in [-0.25, -0.2) is 9.97 Å². The summed E-state index contributed by atoms with van der Waals surface area (Å²) < 4.78 is 0. The summed E-state index contributed by atoms with van der Waals surface area (Å²) in [6.07, 6.45) is 9.67. The van der Waals surface area contributed by atoms with Crippen molar-refractivity contribution in [2.75, 3.05) is 26.2 Å². The molecule has 2 heterocycles. The van der Waals surface area contributed by atoms with Crippen LogP contribution in [0, 0.1) is 0 Å². The summed E-state index contributed by atoms with van der Waals surface area (Å²) in [5.41, 5.74) is 1.29. The predicted octanol–water partition coefficient (Wildman–Crippen LogP) is 2.88. The molecular weight excluding hydrogens is 260 g/mol. The van der Waals surface area contributed by atoms with Crippen molar-refractivity contribution in [1.29, 1.82) is 0 Å². The van der Waals surface area contributed by atoms with Gasteiger partial charge < -0.3 is 5.32 Å². The van der Waals surface area contributed by atoms with Crippen molar-refractivity contribution in [3.05, 3.63) is 23.8 Å². The lowest BCUT2D eigenvalue weighted by Crippen LogP contribution is -2.45. The lowest BCUT2D eigenvalue weighted by Gasteiger charge is -2.34. The highest BCUT2D eigenvalue weighted by Crippen LogP contribution is 2.33. The lowest BCUT2D eigenvalue weighted by molar-refractivity contribution is 0.157. The SMILES string of the molecule is CCCC(c1nccc(C2CCCC2)n1)N1CCNCC1. The smallest absolute Gasteiger partial charge is 0.145 e. The summed E-state index contributed by atoms with van der Waals surface area (Å²) in [5, 5.41) is 3.44. The molecule has 1 aliphatic carbocycles. The van der Waals surface area contributed by atoms with E-state index in [-0.39, 0.29) is 0 Å². The molecule has 0 bridgehead atoms. The van der Waals surface area contributed by atoms with Gasteiger partial charge in [0, 0.05) is 44.0 Å². The number of nitrogens with one attached hydrogen (secondary N) is 1. The van der Waals surface area contributed by atoms with E-state index >= 15 is 0 Å². The Morgan fingerprint density at radius 1 is 1.29 bits per heavy atom. The number of aromatic nitrogens is 2. The second kappa shape index (κ2) is 7.32. The molecule has 1 atom stereocenters. The zero-order valence-corrected chi connectivity index (χ0v) is 13.2. The van der Waals surface area contributed by atoms with Crippen LogP contribution in [0.5, 0.6) is 0 Å². The van der Waals surface area contributed by atoms with Gasteiger partial charge in [-0.05, 0) is 25.3 Å². The summed E-state index contributed by atoms with van der Waals surface area (Å²) in [4.78, 5) is 12.2. The number of hydrogen-bond donors (Lipinski definition) is 1. The first-order valence-electron chi connectivity index (χ1n) is 8.66. The first kappa shape index (κ1) is 14.9. The Balaban J connectivity index is 1.79. The van der Waals surface area contributed by atoms with E-state index in [1.54, 1.807) is 0 Å². The van der Waals surface area contributed by atoms with Crippen LogP contribution in [0.2, 0.25) is 0 Å². The monoisotopic (exact) mass is 288 g/mol. The van der Waals surface area contributed by atoms with Gasteiger partial charge in [-0.15, -0.1) is 0 Å². The molecule has 1 aromatic rings. The molecule has 0 radical (unpaired) electrons. The van der Waals surface area contributed by atoms with Gasteiger partial charge in [-0.2, -0.15) is 0 Å². The second-order valence-corrected chi connectivity index (χ2v) is 6.41. The minimum absolute atomic E-state index is 0.401. The van der Waals surface area contributed by atoms with Crippen LogP contribution < -0.4 is 5.32 Å². The number of rotatable bonds is 5. The van der Waals surface area contributed by atoms with Crippen molar-refractivity contribution in [3.8, 4) is 0 Å². The molecule has 0 spiro atoms. The van der Waals surface area contributed by atoms with Crippen LogP contribution in [0.15, 0.2) is 12.3 Å². The third-order valence-corrected chi connectivity index (χ3v) is 4.92. The van der Waals surface area contributed by atoms with Crippen LogP contribution in [0.25, 0.3) is 0 Å². The van der Waals surface area contributed by atoms with E-state index in [9.17, 15) is 0 Å². The maximum Gasteiger partial charge on any atom is 0.145 e. The summed E-state index contributed by atoms with van der Waals surface area (Å²) in [6.45, 7) is 6.66. The third kappa shape index (κ3) is 3.61. The minimum atomic E-state index is 0.401. The first-order valence-corrected chi connectivity index (χ1v) is 8.66. The van der Waals surface area contributed by atoms with Crippen LogP contribution in [0.1, 0.15) is 68.9 Å². The fourth-order valence-electron chi connectivity index (χ4n) is 3.74. The molecule has 1 unspecified atom stereocenters. The fourth-order valence-corrected chi connectivity index (χ4v) is 3.74. The van der Waals surface area contributed by atoms with E-state index in [2.05, 4.69) is 28.2 Å². The highest BCUT2D eigenvalue weighted by molar-refractivity contribution is 5.12. The average molecular weight is 288 g/mol. The summed E-state index contributed by atoms with van der Waals surface area (Å²) in [7, 11) is 0. The number of piperazine rings is 1. The van der Waals surface area contributed by atoms with Crippen LogP contribution in [0.3, 0.4) is 0 Å². The Morgan fingerprint density at radius 2 is 2.05 bits per heavy atom. The van der Waals surface area contributed by atoms with E-state index in [1.807, 2.05) is 6.20 Å². The molecule has 0 amide bonds. The molecule has 1 aromatic heterocycles. The maximum absolute atomic E-state index is 4.98. The summed E-state index contributed by atoms with van der Waals surface area (Å²) in [5.74, 6) is 1.74. The molecule has 116 valence electrons. The van der Waals surface area contributed by atoms with Crippen molar-refractivity contribution in [2.24, 2.45) is 0 Å². The molecule has 2 aliphatic rings. The van der Waals surface area contributed by atoms with Gasteiger partial charge in [0.25, 0.3) is 0 Å². The molecule has 1 N–H and O–H groups in total. The van der Waals surface area contributed by atoms with E-state index < -0.39 is 0 Å². The van der Waals surface area contributed by atoms with Crippen molar-refractivity contribution < 1.29 is 0 Å². The van der Waals surface area contributed by atoms with Crippen LogP contribution in [-0.2, 0) is 0 Å². The molecule has 21 heavy (non-hydrogen) atoms. The normalized spacial score (nSPS) is 22.5. The molecule has 4 nitrogen and oxygen atoms in total. The zero-order valence-electron chi connectivity index (χ0n) is 13.2. The van der Waals surface area contributed by atoms with E-state index in [1.165, 1.54) is 37.8 Å². The van der Waals surface area contributed by atoms with Crippen molar-refractivity contribution in [2.45, 2.75) is 57.4 Å². The quantitative estimate of drug-likeness (QED) is 0.904. The van der Waals surface area contributed by atoms with Gasteiger partial charge in [-0.1, -0.05) is 26.2 Å². The Bertz CT molecular complexity index is 436. The highest BCUT2D eigenvalue weighted by atomic mass is 15.2. The topological polar surface area (TPSA) is 41.1 Å². The summed E-state index contributed by atoms with van der Waals surface area (Å²) in [6, 6.07) is 2.54. The van der Waals surface area contributed by atoms with Crippen LogP contribution in [0.4, 0.5) is 0 Å². The lowest BCUT2D eigenvalue weighted by atomic mass is 10.0. The van der Waals surface area contributed by atoms with Gasteiger partial charge in [0.1, 0.15) is 5.82 Å². The summed E-state index contributed by atoms with van der Waals surface area (Å²) >= 11 is 0. The Hall–Kier alpha value is -1.00. The van der Waals surface area contributed by atoms with Gasteiger partial charge in [0.2, 0.25) is 0 Å². The second-order valence-electron chi connectivity index (χ2n) is 6.41. The van der Waals surface area contributed by atoms with Gasteiger partial charge in [0.15, 0.2) is 0 Å². The van der Waals surface area contributed by atoms with E-state index in [0.717, 1.165) is 38.4 Å². The zero-order chi connectivity index (χ0) is 14.5. The van der Waals surface area contributed by atoms with Gasteiger partial charge in [0.05, 0.1) is 6.04 Å². The van der Waals surface area contributed by atoms with E-state index in [4.69, 9.17) is 4.98 Å². The van der Waals surface area contributed by atoms with E-state index in [0.29, 0.717) is 12.0 Å². The molecule has 1 aliphatic heterocycles. The minimum Gasteiger partial charge on any atom is -0.314 e. The molecule has 0 aromatic carbocycles. The highest BCUT2D eigenvalue weighted by Gasteiger charge is 2.25. The van der Waals surface area contributed by atoms with Crippen LogP contribution in [-0.4, -0.2) is 41.0 Å². The Kier molecular flexibility index (Phi) is 5.20. The molecule has 3 rings (SSSR count). The maximum atomic E-state index is 4.98. The molecule has 4 heteroatoms. The standard InChI is InChI=1S/C17H28N4/c1-2-5-16(21-12-10-18-11-13-21)17-19-9-8-15(20-17)14-6-3-4-7-14/h8-9,14,16,18H,2-7,10-13H2,1H3. The van der Waals surface area contributed by atoms with Gasteiger partial charge >= 0.3 is 0 Å². The Morgan fingerprint density at radius 3 is 2.76 bits per heavy atom. The third-order valence-electron chi connectivity index (χ3n) is 4.92.